The molecule has 2 nitrogen and oxygen atoms in total. The summed E-state index contributed by atoms with van der Waals surface area (Å²) in [5, 5.41) is 6.13. The molecule has 2 rings (SSSR count). The lowest BCUT2D eigenvalue weighted by Crippen LogP contribution is -1.93. The van der Waals surface area contributed by atoms with Crippen LogP contribution in [-0.4, -0.2) is 5.71 Å². The maximum Gasteiger partial charge on any atom is 0.142 e. The lowest BCUT2D eigenvalue weighted by molar-refractivity contribution is 0.130. The van der Waals surface area contributed by atoms with Gasteiger partial charge in [-0.2, -0.15) is 0 Å². The molecular weight excluding hydrogens is 298 g/mol. The van der Waals surface area contributed by atoms with E-state index in [0.29, 0.717) is 6.61 Å². The third-order valence-corrected chi connectivity index (χ3v) is 3.73. The number of hydrogen-bond donors (Lipinski definition) is 0. The topological polar surface area (TPSA) is 21.6 Å². The Balaban J connectivity index is 1.91. The van der Waals surface area contributed by atoms with Gasteiger partial charge in [0.1, 0.15) is 6.61 Å². The minimum Gasteiger partial charge on any atom is -0.391 e. The van der Waals surface area contributed by atoms with Crippen LogP contribution in [0.15, 0.2) is 51.4 Å². The highest BCUT2D eigenvalue weighted by atomic mass is 79.9. The van der Waals surface area contributed by atoms with E-state index in [4.69, 9.17) is 4.84 Å². The highest BCUT2D eigenvalue weighted by molar-refractivity contribution is 9.10. The second-order valence-electron chi connectivity index (χ2n) is 3.55. The maximum absolute atomic E-state index is 5.32. The lowest BCUT2D eigenvalue weighted by atomic mass is 10.2. The first-order chi connectivity index (χ1) is 8.25. The van der Waals surface area contributed by atoms with Gasteiger partial charge in [0.25, 0.3) is 0 Å². The zero-order valence-corrected chi connectivity index (χ0v) is 11.8. The molecule has 0 N–H and O–H groups in total. The number of oxime groups is 1. The lowest BCUT2D eigenvalue weighted by Gasteiger charge is -2.01. The van der Waals surface area contributed by atoms with E-state index in [2.05, 4.69) is 21.1 Å². The van der Waals surface area contributed by atoms with Crippen molar-refractivity contribution >= 4 is 33.0 Å². The Bertz CT molecular complexity index is 491. The first-order valence-electron chi connectivity index (χ1n) is 5.20. The van der Waals surface area contributed by atoms with Gasteiger partial charge in [-0.15, -0.1) is 11.3 Å². The molecule has 17 heavy (non-hydrogen) atoms. The van der Waals surface area contributed by atoms with Crippen molar-refractivity contribution in [1.82, 2.24) is 0 Å². The molecule has 0 atom stereocenters. The molecule has 0 aliphatic carbocycles. The fourth-order valence-corrected chi connectivity index (χ4v) is 2.25. The van der Waals surface area contributed by atoms with E-state index in [0.717, 1.165) is 20.6 Å². The Morgan fingerprint density at radius 2 is 2.06 bits per heavy atom. The molecule has 2 aromatic rings. The summed E-state index contributed by atoms with van der Waals surface area (Å²) in [6.45, 7) is 2.45. The molecule has 0 radical (unpaired) electrons. The van der Waals surface area contributed by atoms with Gasteiger partial charge in [0, 0.05) is 4.47 Å². The summed E-state index contributed by atoms with van der Waals surface area (Å²) < 4.78 is 1.07. The monoisotopic (exact) mass is 309 g/mol. The molecule has 1 aromatic carbocycles. The minimum absolute atomic E-state index is 0.496. The summed E-state index contributed by atoms with van der Waals surface area (Å²) >= 11 is 5.06. The van der Waals surface area contributed by atoms with Crippen LogP contribution in [0.2, 0.25) is 0 Å². The minimum atomic E-state index is 0.496. The van der Waals surface area contributed by atoms with Crippen LogP contribution in [0.4, 0.5) is 0 Å². The summed E-state index contributed by atoms with van der Waals surface area (Å²) in [6.07, 6.45) is 0. The van der Waals surface area contributed by atoms with Crippen LogP contribution in [0.25, 0.3) is 0 Å². The van der Waals surface area contributed by atoms with Gasteiger partial charge in [-0.1, -0.05) is 39.3 Å². The second-order valence-corrected chi connectivity index (χ2v) is 5.42. The van der Waals surface area contributed by atoms with Gasteiger partial charge in [-0.25, -0.2) is 0 Å². The number of hydrogen-bond acceptors (Lipinski definition) is 3. The molecule has 0 spiro atoms. The number of nitrogens with zero attached hydrogens (tertiary/aromatic N) is 1. The normalized spacial score (nSPS) is 11.5. The van der Waals surface area contributed by atoms with Crippen LogP contribution in [0.1, 0.15) is 17.4 Å². The first-order valence-corrected chi connectivity index (χ1v) is 6.88. The van der Waals surface area contributed by atoms with E-state index >= 15 is 0 Å². The number of halogens is 1. The van der Waals surface area contributed by atoms with E-state index in [9.17, 15) is 0 Å². The van der Waals surface area contributed by atoms with Gasteiger partial charge >= 0.3 is 0 Å². The molecule has 0 bridgehead atoms. The van der Waals surface area contributed by atoms with Gasteiger partial charge in [0.2, 0.25) is 0 Å². The van der Waals surface area contributed by atoms with Gasteiger partial charge in [-0.05, 0) is 36.1 Å². The van der Waals surface area contributed by atoms with Crippen molar-refractivity contribution in [3.05, 3.63) is 56.7 Å². The zero-order valence-electron chi connectivity index (χ0n) is 9.39. The van der Waals surface area contributed by atoms with Gasteiger partial charge < -0.3 is 4.84 Å². The Morgan fingerprint density at radius 3 is 2.71 bits per heavy atom. The predicted octanol–water partition coefficient (Wildman–Crippen LogP) is 4.45. The molecule has 88 valence electrons. The molecule has 1 heterocycles. The average molecular weight is 310 g/mol. The molecule has 0 saturated carbocycles. The largest absolute Gasteiger partial charge is 0.391 e. The summed E-state index contributed by atoms with van der Waals surface area (Å²) in [5.41, 5.74) is 2.02. The quantitative estimate of drug-likeness (QED) is 0.604. The van der Waals surface area contributed by atoms with E-state index in [1.54, 1.807) is 11.3 Å². The van der Waals surface area contributed by atoms with Crippen LogP contribution in [-0.2, 0) is 11.4 Å². The second kappa shape index (κ2) is 5.98. The Morgan fingerprint density at radius 1 is 1.29 bits per heavy atom. The molecule has 0 aliphatic heterocycles. The molecule has 0 amide bonds. The molecule has 0 saturated heterocycles. The molecule has 1 aromatic heterocycles. The Kier molecular flexibility index (Phi) is 4.34. The van der Waals surface area contributed by atoms with E-state index < -0.39 is 0 Å². The third kappa shape index (κ3) is 3.68. The first kappa shape index (κ1) is 12.3. The zero-order chi connectivity index (χ0) is 12.1. The van der Waals surface area contributed by atoms with Crippen LogP contribution < -0.4 is 0 Å². The number of benzene rings is 1. The van der Waals surface area contributed by atoms with Crippen LogP contribution in [0.5, 0.6) is 0 Å². The smallest absolute Gasteiger partial charge is 0.142 e. The van der Waals surface area contributed by atoms with Crippen LogP contribution in [0, 0.1) is 0 Å². The van der Waals surface area contributed by atoms with Crippen molar-refractivity contribution in [1.29, 1.82) is 0 Å². The Hall–Kier alpha value is -1.13. The molecule has 0 fully saturated rings. The fourth-order valence-electron chi connectivity index (χ4n) is 1.31. The summed E-state index contributed by atoms with van der Waals surface area (Å²) in [6, 6.07) is 12.1. The SMILES string of the molecule is C/C(=N\OCc1ccc(Br)cc1)c1cccs1. The Labute approximate surface area is 113 Å². The molecule has 0 aliphatic rings. The fraction of sp³-hybridized carbons (Fsp3) is 0.154. The van der Waals surface area contributed by atoms with Crippen LogP contribution in [0.3, 0.4) is 0 Å². The maximum atomic E-state index is 5.32. The van der Waals surface area contributed by atoms with Crippen molar-refractivity contribution in [2.45, 2.75) is 13.5 Å². The van der Waals surface area contributed by atoms with E-state index in [1.165, 1.54) is 0 Å². The average Bonchev–Trinajstić information content (AvgIpc) is 2.85. The predicted molar refractivity (Wildman–Crippen MR) is 75.5 cm³/mol. The number of thiophene rings is 1. The summed E-state index contributed by atoms with van der Waals surface area (Å²) in [4.78, 5) is 6.46. The van der Waals surface area contributed by atoms with Crippen molar-refractivity contribution in [2.75, 3.05) is 0 Å². The molecule has 4 heteroatoms. The highest BCUT2D eigenvalue weighted by Gasteiger charge is 1.98. The number of rotatable bonds is 4. The van der Waals surface area contributed by atoms with Crippen molar-refractivity contribution in [3.63, 3.8) is 0 Å². The summed E-state index contributed by atoms with van der Waals surface area (Å²) in [7, 11) is 0. The highest BCUT2D eigenvalue weighted by Crippen LogP contribution is 2.12. The van der Waals surface area contributed by atoms with Gasteiger partial charge in [-0.3, -0.25) is 0 Å². The molecular formula is C13H12BrNOS. The third-order valence-electron chi connectivity index (χ3n) is 2.22. The standard InChI is InChI=1S/C13H12BrNOS/c1-10(13-3-2-8-17-13)15-16-9-11-4-6-12(14)7-5-11/h2-8H,9H2,1H3/b15-10+. The van der Waals surface area contributed by atoms with Crippen molar-refractivity contribution < 1.29 is 4.84 Å². The van der Waals surface area contributed by atoms with Crippen molar-refractivity contribution in [3.8, 4) is 0 Å². The summed E-state index contributed by atoms with van der Waals surface area (Å²) in [5.74, 6) is 0. The van der Waals surface area contributed by atoms with E-state index in [-0.39, 0.29) is 0 Å². The molecule has 0 unspecified atom stereocenters. The van der Waals surface area contributed by atoms with Gasteiger partial charge in [0.05, 0.1) is 10.6 Å². The van der Waals surface area contributed by atoms with Gasteiger partial charge in [0.15, 0.2) is 0 Å². The van der Waals surface area contributed by atoms with E-state index in [1.807, 2.05) is 48.7 Å². The van der Waals surface area contributed by atoms with Crippen LogP contribution >= 0.6 is 27.3 Å². The van der Waals surface area contributed by atoms with Crippen molar-refractivity contribution in [2.24, 2.45) is 5.16 Å².